The lowest BCUT2D eigenvalue weighted by Gasteiger charge is -2.37. The first-order valence-corrected chi connectivity index (χ1v) is 13.9. The van der Waals surface area contributed by atoms with Crippen LogP contribution in [0.15, 0.2) is 73.4 Å². The standard InChI is InChI=1S/C31H28Cl2N6O4/c1-4-22(40)13-19-9-5-6-11-23(19)36-30-35-15-20-17-38(28-26(32)24(42-2)14-25(43-3)27(28)33)31(41)39(29(20)37-30)16-18-8-7-10-21(34)12-18/h4-12,14-15H,1,13,16-17,34H2,2-3H3,(H,35,36,37). The van der Waals surface area contributed by atoms with Gasteiger partial charge in [-0.15, -0.1) is 0 Å². The van der Waals surface area contributed by atoms with Crippen LogP contribution in [0, 0.1) is 0 Å². The van der Waals surface area contributed by atoms with Crippen LogP contribution in [0.1, 0.15) is 16.7 Å². The molecule has 0 saturated heterocycles. The second-order valence-corrected chi connectivity index (χ2v) is 10.4. The van der Waals surface area contributed by atoms with Crippen LogP contribution in [0.2, 0.25) is 10.0 Å². The quantitative estimate of drug-likeness (QED) is 0.151. The third-order valence-corrected chi connectivity index (χ3v) is 7.59. The molecule has 1 aliphatic rings. The number of carbonyl (C=O) groups excluding carboxylic acids is 2. The Kier molecular flexibility index (Phi) is 8.70. The van der Waals surface area contributed by atoms with Crippen molar-refractivity contribution < 1.29 is 19.1 Å². The van der Waals surface area contributed by atoms with E-state index in [0.717, 1.165) is 11.1 Å². The van der Waals surface area contributed by atoms with E-state index in [1.165, 1.54) is 30.1 Å². The number of nitrogens with zero attached hydrogens (tertiary/aromatic N) is 4. The molecule has 0 radical (unpaired) electrons. The van der Waals surface area contributed by atoms with Gasteiger partial charge < -0.3 is 20.5 Å². The van der Waals surface area contributed by atoms with Crippen LogP contribution in [-0.2, 0) is 24.3 Å². The number of nitrogens with one attached hydrogen (secondary N) is 1. The second kappa shape index (κ2) is 12.6. The fourth-order valence-corrected chi connectivity index (χ4v) is 5.46. The Morgan fingerprint density at radius 2 is 1.81 bits per heavy atom. The molecule has 5 rings (SSSR count). The first-order valence-electron chi connectivity index (χ1n) is 13.1. The number of nitrogen functional groups attached to an aromatic ring is 1. The number of fused-ring (bicyclic) bond motifs is 1. The number of para-hydroxylation sites is 1. The van der Waals surface area contributed by atoms with Gasteiger partial charge in [-0.05, 0) is 35.4 Å². The maximum atomic E-state index is 14.3. The average molecular weight is 620 g/mol. The molecule has 0 unspecified atom stereocenters. The Morgan fingerprint density at radius 3 is 2.49 bits per heavy atom. The molecule has 0 aliphatic carbocycles. The zero-order chi connectivity index (χ0) is 30.7. The summed E-state index contributed by atoms with van der Waals surface area (Å²) in [4.78, 5) is 38.5. The number of ketones is 1. The average Bonchev–Trinajstić information content (AvgIpc) is 3.00. The summed E-state index contributed by atoms with van der Waals surface area (Å²) < 4.78 is 10.9. The largest absolute Gasteiger partial charge is 0.495 e. The Bertz CT molecular complexity index is 1700. The number of carbonyl (C=O) groups is 2. The molecule has 3 aromatic carbocycles. The number of methoxy groups -OCH3 is 2. The van der Waals surface area contributed by atoms with Gasteiger partial charge in [0.1, 0.15) is 27.4 Å². The molecule has 0 bridgehead atoms. The summed E-state index contributed by atoms with van der Waals surface area (Å²) >= 11 is 13.4. The van der Waals surface area contributed by atoms with E-state index in [9.17, 15) is 9.59 Å². The first kappa shape index (κ1) is 29.7. The Labute approximate surface area is 258 Å². The number of rotatable bonds is 10. The van der Waals surface area contributed by atoms with Gasteiger partial charge in [-0.3, -0.25) is 14.6 Å². The van der Waals surface area contributed by atoms with Gasteiger partial charge in [0.2, 0.25) is 5.95 Å². The number of halogens is 2. The highest BCUT2D eigenvalue weighted by Crippen LogP contribution is 2.48. The van der Waals surface area contributed by atoms with Crippen molar-refractivity contribution in [3.8, 4) is 11.5 Å². The topological polar surface area (TPSA) is 123 Å². The monoisotopic (exact) mass is 618 g/mol. The van der Waals surface area contributed by atoms with Crippen molar-refractivity contribution in [1.29, 1.82) is 0 Å². The van der Waals surface area contributed by atoms with Crippen LogP contribution >= 0.6 is 23.2 Å². The summed E-state index contributed by atoms with van der Waals surface area (Å²) in [6.45, 7) is 3.77. The molecule has 2 amide bonds. The van der Waals surface area contributed by atoms with E-state index in [2.05, 4.69) is 16.9 Å². The number of hydrogen-bond acceptors (Lipinski definition) is 8. The van der Waals surface area contributed by atoms with Crippen molar-refractivity contribution in [2.45, 2.75) is 19.5 Å². The molecule has 10 nitrogen and oxygen atoms in total. The predicted octanol–water partition coefficient (Wildman–Crippen LogP) is 6.57. The minimum absolute atomic E-state index is 0.0715. The molecule has 1 aromatic heterocycles. The number of benzene rings is 3. The van der Waals surface area contributed by atoms with Crippen LogP contribution in [0.4, 0.5) is 33.6 Å². The molecule has 4 aromatic rings. The van der Waals surface area contributed by atoms with Crippen LogP contribution in [0.25, 0.3) is 0 Å². The van der Waals surface area contributed by atoms with Crippen molar-refractivity contribution in [2.75, 3.05) is 35.1 Å². The van der Waals surface area contributed by atoms with Crippen molar-refractivity contribution in [3.05, 3.63) is 100 Å². The number of urea groups is 1. The molecular weight excluding hydrogens is 591 g/mol. The number of hydrogen-bond donors (Lipinski definition) is 2. The van der Waals surface area contributed by atoms with Crippen LogP contribution in [-0.4, -0.2) is 36.0 Å². The second-order valence-electron chi connectivity index (χ2n) is 9.63. The van der Waals surface area contributed by atoms with Crippen molar-refractivity contribution in [1.82, 2.24) is 9.97 Å². The van der Waals surface area contributed by atoms with E-state index in [-0.39, 0.29) is 47.0 Å². The molecule has 0 fully saturated rings. The van der Waals surface area contributed by atoms with Gasteiger partial charge in [-0.25, -0.2) is 9.78 Å². The SMILES string of the molecule is C=CC(=O)Cc1ccccc1Nc1ncc2c(n1)N(Cc1cccc(N)c1)C(=O)N(c1c(Cl)c(OC)cc(OC)c1Cl)C2. The number of aromatic nitrogens is 2. The van der Waals surface area contributed by atoms with Gasteiger partial charge in [0.15, 0.2) is 5.78 Å². The number of anilines is 5. The summed E-state index contributed by atoms with van der Waals surface area (Å²) in [7, 11) is 2.93. The van der Waals surface area contributed by atoms with Gasteiger partial charge >= 0.3 is 6.03 Å². The third kappa shape index (κ3) is 6.06. The molecule has 1 aliphatic heterocycles. The van der Waals surface area contributed by atoms with Gasteiger partial charge in [-0.2, -0.15) is 4.98 Å². The molecule has 0 spiro atoms. The van der Waals surface area contributed by atoms with E-state index in [0.29, 0.717) is 34.3 Å². The van der Waals surface area contributed by atoms with Crippen molar-refractivity contribution in [2.24, 2.45) is 0 Å². The first-order chi connectivity index (χ1) is 20.7. The fourth-order valence-electron chi connectivity index (χ4n) is 4.76. The molecule has 220 valence electrons. The summed E-state index contributed by atoms with van der Waals surface area (Å²) in [5.74, 6) is 1.11. The van der Waals surface area contributed by atoms with E-state index >= 15 is 0 Å². The molecule has 3 N–H and O–H groups in total. The highest BCUT2D eigenvalue weighted by Gasteiger charge is 2.37. The van der Waals surface area contributed by atoms with Gasteiger partial charge in [-0.1, -0.05) is 60.1 Å². The molecule has 2 heterocycles. The molecular formula is C31H28Cl2N6O4. The number of nitrogens with two attached hydrogens (primary N) is 1. The molecule has 43 heavy (non-hydrogen) atoms. The third-order valence-electron chi connectivity index (χ3n) is 6.86. The Balaban J connectivity index is 1.59. The van der Waals surface area contributed by atoms with Crippen LogP contribution in [0.3, 0.4) is 0 Å². The van der Waals surface area contributed by atoms with Gasteiger partial charge in [0.25, 0.3) is 0 Å². The number of ether oxygens (including phenoxy) is 2. The van der Waals surface area contributed by atoms with Gasteiger partial charge in [0, 0.05) is 35.6 Å². The molecule has 12 heteroatoms. The maximum absolute atomic E-state index is 14.3. The lowest BCUT2D eigenvalue weighted by Crippen LogP contribution is -2.48. The normalized spacial score (nSPS) is 12.5. The highest BCUT2D eigenvalue weighted by atomic mass is 35.5. The lowest BCUT2D eigenvalue weighted by atomic mass is 10.1. The zero-order valence-corrected chi connectivity index (χ0v) is 24.9. The summed E-state index contributed by atoms with van der Waals surface area (Å²) in [6.07, 6.45) is 3.08. The summed E-state index contributed by atoms with van der Waals surface area (Å²) in [5, 5.41) is 3.50. The van der Waals surface area contributed by atoms with E-state index in [1.54, 1.807) is 24.4 Å². The number of amides is 2. The minimum Gasteiger partial charge on any atom is -0.495 e. The van der Waals surface area contributed by atoms with Gasteiger partial charge in [0.05, 0.1) is 33.0 Å². The minimum atomic E-state index is -0.435. The Morgan fingerprint density at radius 1 is 1.09 bits per heavy atom. The van der Waals surface area contributed by atoms with Crippen molar-refractivity contribution in [3.63, 3.8) is 0 Å². The lowest BCUT2D eigenvalue weighted by molar-refractivity contribution is -0.114. The van der Waals surface area contributed by atoms with Crippen molar-refractivity contribution >= 4 is 63.8 Å². The van der Waals surface area contributed by atoms with Crippen LogP contribution in [0.5, 0.6) is 11.5 Å². The zero-order valence-electron chi connectivity index (χ0n) is 23.4. The Hall–Kier alpha value is -4.80. The van der Waals surface area contributed by atoms with E-state index < -0.39 is 6.03 Å². The maximum Gasteiger partial charge on any atom is 0.330 e. The number of allylic oxidation sites excluding steroid dienone is 1. The predicted molar refractivity (Wildman–Crippen MR) is 169 cm³/mol. The molecule has 0 saturated carbocycles. The molecule has 0 atom stereocenters. The van der Waals surface area contributed by atoms with E-state index in [1.807, 2.05) is 36.4 Å². The summed E-state index contributed by atoms with van der Waals surface area (Å²) in [6, 6.07) is 15.7. The highest BCUT2D eigenvalue weighted by molar-refractivity contribution is 6.42. The summed E-state index contributed by atoms with van der Waals surface area (Å²) in [5.41, 5.74) is 9.66. The fraction of sp³-hybridized carbons (Fsp3) is 0.161. The van der Waals surface area contributed by atoms with Crippen LogP contribution < -0.4 is 30.3 Å². The van der Waals surface area contributed by atoms with E-state index in [4.69, 9.17) is 43.4 Å². The smallest absolute Gasteiger partial charge is 0.330 e.